The smallest absolute Gasteiger partial charge is 0.257 e. The standard InChI is InChI=1S/C18H17F2NO3/c1-23-13-6-5-12-7-11(10-24-16(12)8-13)9-21-18(22)17-14(19)3-2-4-15(17)20/h2-6,8,11H,7,9-10H2,1H3,(H,21,22)/t11-/m0/s1. The monoisotopic (exact) mass is 333 g/mol. The van der Waals surface area contributed by atoms with Crippen LogP contribution in [0.25, 0.3) is 0 Å². The first-order valence-electron chi connectivity index (χ1n) is 7.60. The summed E-state index contributed by atoms with van der Waals surface area (Å²) in [4.78, 5) is 12.0. The molecule has 0 unspecified atom stereocenters. The molecule has 1 amide bonds. The van der Waals surface area contributed by atoms with Gasteiger partial charge in [0.15, 0.2) is 0 Å². The Morgan fingerprint density at radius 1 is 1.29 bits per heavy atom. The van der Waals surface area contributed by atoms with Crippen LogP contribution in [-0.4, -0.2) is 26.2 Å². The van der Waals surface area contributed by atoms with Crippen molar-refractivity contribution < 1.29 is 23.0 Å². The molecular formula is C18H17F2NO3. The zero-order chi connectivity index (χ0) is 17.1. The second kappa shape index (κ2) is 6.86. The number of halogens is 2. The van der Waals surface area contributed by atoms with Gasteiger partial charge in [0, 0.05) is 18.5 Å². The first-order valence-corrected chi connectivity index (χ1v) is 7.60. The van der Waals surface area contributed by atoms with E-state index in [0.29, 0.717) is 13.0 Å². The summed E-state index contributed by atoms with van der Waals surface area (Å²) in [5.41, 5.74) is 0.456. The lowest BCUT2D eigenvalue weighted by Gasteiger charge is -2.25. The minimum Gasteiger partial charge on any atom is -0.497 e. The Labute approximate surface area is 138 Å². The third-order valence-electron chi connectivity index (χ3n) is 4.00. The molecule has 0 aliphatic carbocycles. The van der Waals surface area contributed by atoms with Crippen LogP contribution >= 0.6 is 0 Å². The lowest BCUT2D eigenvalue weighted by molar-refractivity contribution is 0.0930. The molecule has 0 spiro atoms. The fourth-order valence-electron chi connectivity index (χ4n) is 2.71. The maximum Gasteiger partial charge on any atom is 0.257 e. The molecule has 1 aliphatic heterocycles. The molecular weight excluding hydrogens is 316 g/mol. The molecule has 2 aromatic carbocycles. The average molecular weight is 333 g/mol. The highest BCUT2D eigenvalue weighted by Gasteiger charge is 2.23. The van der Waals surface area contributed by atoms with Crippen LogP contribution in [0.5, 0.6) is 11.5 Å². The van der Waals surface area contributed by atoms with Gasteiger partial charge in [-0.1, -0.05) is 12.1 Å². The summed E-state index contributed by atoms with van der Waals surface area (Å²) < 4.78 is 38.0. The number of hydrogen-bond donors (Lipinski definition) is 1. The molecule has 4 nitrogen and oxygen atoms in total. The molecule has 0 fully saturated rings. The Morgan fingerprint density at radius 2 is 2.04 bits per heavy atom. The molecule has 126 valence electrons. The molecule has 1 heterocycles. The maximum atomic E-state index is 13.6. The van der Waals surface area contributed by atoms with E-state index in [4.69, 9.17) is 9.47 Å². The highest BCUT2D eigenvalue weighted by atomic mass is 19.1. The Bertz CT molecular complexity index is 744. The maximum absolute atomic E-state index is 13.6. The van der Waals surface area contributed by atoms with Gasteiger partial charge in [-0.05, 0) is 30.2 Å². The first kappa shape index (κ1) is 16.2. The van der Waals surface area contributed by atoms with Gasteiger partial charge in [-0.25, -0.2) is 8.78 Å². The van der Waals surface area contributed by atoms with E-state index < -0.39 is 23.1 Å². The van der Waals surface area contributed by atoms with Crippen LogP contribution in [-0.2, 0) is 6.42 Å². The number of carbonyl (C=O) groups excluding carboxylic acids is 1. The summed E-state index contributed by atoms with van der Waals surface area (Å²) in [6.45, 7) is 0.693. The summed E-state index contributed by atoms with van der Waals surface area (Å²) in [6.07, 6.45) is 0.708. The van der Waals surface area contributed by atoms with Crippen molar-refractivity contribution in [1.82, 2.24) is 5.32 Å². The van der Waals surface area contributed by atoms with E-state index in [1.807, 2.05) is 18.2 Å². The summed E-state index contributed by atoms with van der Waals surface area (Å²) in [7, 11) is 1.59. The number of rotatable bonds is 4. The van der Waals surface area contributed by atoms with E-state index in [1.54, 1.807) is 7.11 Å². The van der Waals surface area contributed by atoms with Crippen molar-refractivity contribution in [2.45, 2.75) is 6.42 Å². The van der Waals surface area contributed by atoms with Crippen molar-refractivity contribution in [3.63, 3.8) is 0 Å². The lowest BCUT2D eigenvalue weighted by atomic mass is 9.96. The Kier molecular flexibility index (Phi) is 4.64. The molecule has 2 aromatic rings. The van der Waals surface area contributed by atoms with Crippen molar-refractivity contribution in [3.8, 4) is 11.5 Å². The first-order chi connectivity index (χ1) is 11.6. The fraction of sp³-hybridized carbons (Fsp3) is 0.278. The van der Waals surface area contributed by atoms with Gasteiger partial charge in [0.25, 0.3) is 5.91 Å². The number of carbonyl (C=O) groups is 1. The summed E-state index contributed by atoms with van der Waals surface area (Å²) in [5, 5.41) is 2.58. The van der Waals surface area contributed by atoms with Crippen molar-refractivity contribution in [1.29, 1.82) is 0 Å². The molecule has 3 rings (SSSR count). The van der Waals surface area contributed by atoms with Gasteiger partial charge < -0.3 is 14.8 Å². The minimum atomic E-state index is -0.871. The van der Waals surface area contributed by atoms with E-state index in [9.17, 15) is 13.6 Å². The van der Waals surface area contributed by atoms with Crippen LogP contribution in [0.4, 0.5) is 8.78 Å². The predicted molar refractivity (Wildman–Crippen MR) is 84.4 cm³/mol. The van der Waals surface area contributed by atoms with Gasteiger partial charge in [-0.3, -0.25) is 4.79 Å². The highest BCUT2D eigenvalue weighted by molar-refractivity contribution is 5.94. The van der Waals surface area contributed by atoms with Gasteiger partial charge in [0.1, 0.15) is 28.7 Å². The fourth-order valence-corrected chi connectivity index (χ4v) is 2.71. The molecule has 6 heteroatoms. The molecule has 1 aliphatic rings. The van der Waals surface area contributed by atoms with Gasteiger partial charge >= 0.3 is 0 Å². The molecule has 1 N–H and O–H groups in total. The summed E-state index contributed by atoms with van der Waals surface area (Å²) in [5.74, 6) is -0.988. The van der Waals surface area contributed by atoms with Crippen LogP contribution in [0.15, 0.2) is 36.4 Å². The molecule has 1 atom stereocenters. The van der Waals surface area contributed by atoms with Crippen LogP contribution in [0.1, 0.15) is 15.9 Å². The number of amides is 1. The van der Waals surface area contributed by atoms with Gasteiger partial charge in [0.05, 0.1) is 13.7 Å². The summed E-state index contributed by atoms with van der Waals surface area (Å²) in [6, 6.07) is 8.92. The second-order valence-electron chi connectivity index (χ2n) is 5.66. The molecule has 0 bridgehead atoms. The zero-order valence-electron chi connectivity index (χ0n) is 13.1. The topological polar surface area (TPSA) is 47.6 Å². The van der Waals surface area contributed by atoms with Crippen molar-refractivity contribution in [2.75, 3.05) is 20.3 Å². The van der Waals surface area contributed by atoms with Crippen LogP contribution in [0, 0.1) is 17.6 Å². The van der Waals surface area contributed by atoms with E-state index in [-0.39, 0.29) is 12.5 Å². The number of ether oxygens (including phenoxy) is 2. The van der Waals surface area contributed by atoms with Gasteiger partial charge in [-0.2, -0.15) is 0 Å². The molecule has 0 radical (unpaired) electrons. The third-order valence-corrected chi connectivity index (χ3v) is 4.00. The average Bonchev–Trinajstić information content (AvgIpc) is 2.59. The Hall–Kier alpha value is -2.63. The predicted octanol–water partition coefficient (Wildman–Crippen LogP) is 2.95. The zero-order valence-corrected chi connectivity index (χ0v) is 13.1. The number of benzene rings is 2. The Balaban J connectivity index is 1.62. The lowest BCUT2D eigenvalue weighted by Crippen LogP contribution is -2.35. The second-order valence-corrected chi connectivity index (χ2v) is 5.66. The van der Waals surface area contributed by atoms with Gasteiger partial charge in [-0.15, -0.1) is 0 Å². The van der Waals surface area contributed by atoms with E-state index >= 15 is 0 Å². The normalized spacial score (nSPS) is 16.0. The van der Waals surface area contributed by atoms with E-state index in [2.05, 4.69) is 5.32 Å². The molecule has 0 saturated carbocycles. The van der Waals surface area contributed by atoms with Crippen molar-refractivity contribution in [3.05, 3.63) is 59.2 Å². The molecule has 0 saturated heterocycles. The van der Waals surface area contributed by atoms with E-state index in [0.717, 1.165) is 29.2 Å². The number of hydrogen-bond acceptors (Lipinski definition) is 3. The third kappa shape index (κ3) is 3.32. The molecule has 24 heavy (non-hydrogen) atoms. The quantitative estimate of drug-likeness (QED) is 0.936. The van der Waals surface area contributed by atoms with Gasteiger partial charge in [0.2, 0.25) is 0 Å². The van der Waals surface area contributed by atoms with Crippen LogP contribution in [0.3, 0.4) is 0 Å². The van der Waals surface area contributed by atoms with Crippen molar-refractivity contribution in [2.24, 2.45) is 5.92 Å². The highest BCUT2D eigenvalue weighted by Crippen LogP contribution is 2.30. The number of methoxy groups -OCH3 is 1. The van der Waals surface area contributed by atoms with Crippen LogP contribution < -0.4 is 14.8 Å². The summed E-state index contributed by atoms with van der Waals surface area (Å²) >= 11 is 0. The van der Waals surface area contributed by atoms with Crippen molar-refractivity contribution >= 4 is 5.91 Å². The SMILES string of the molecule is COc1ccc2c(c1)OC[C@H](CNC(=O)c1c(F)cccc1F)C2. The minimum absolute atomic E-state index is 0.0321. The number of fused-ring (bicyclic) bond motifs is 1. The number of nitrogens with one attached hydrogen (secondary N) is 1. The van der Waals surface area contributed by atoms with Crippen LogP contribution in [0.2, 0.25) is 0 Å². The largest absolute Gasteiger partial charge is 0.497 e. The Morgan fingerprint density at radius 3 is 2.75 bits per heavy atom. The molecule has 0 aromatic heterocycles. The van der Waals surface area contributed by atoms with E-state index in [1.165, 1.54) is 6.07 Å².